The van der Waals surface area contributed by atoms with Gasteiger partial charge in [0.05, 0.1) is 37.9 Å². The molecule has 2 aromatic carbocycles. The molecule has 128 valence electrons. The standard InChI is InChI=1S/C20H21N3O2/c1-24-20-5-3-2-4-18(20)19-10-11-21-23(19)17-8-6-16(7-9-17)22-12-14-25-15-13-22/h2-11H,12-15H2,1H3. The number of rotatable bonds is 4. The molecule has 5 heteroatoms. The molecule has 2 heterocycles. The van der Waals surface area contributed by atoms with Gasteiger partial charge in [0.1, 0.15) is 5.75 Å². The fourth-order valence-corrected chi connectivity index (χ4v) is 3.20. The first-order valence-corrected chi connectivity index (χ1v) is 8.47. The third kappa shape index (κ3) is 3.10. The SMILES string of the molecule is COc1ccccc1-c1ccnn1-c1ccc(N2CCOCC2)cc1. The molecule has 1 aliphatic rings. The van der Waals surface area contributed by atoms with E-state index in [0.717, 1.165) is 49.0 Å². The van der Waals surface area contributed by atoms with E-state index < -0.39 is 0 Å². The summed E-state index contributed by atoms with van der Waals surface area (Å²) in [5.41, 5.74) is 4.29. The zero-order valence-electron chi connectivity index (χ0n) is 14.3. The Morgan fingerprint density at radius 2 is 1.64 bits per heavy atom. The van der Waals surface area contributed by atoms with Gasteiger partial charge in [0.2, 0.25) is 0 Å². The fourth-order valence-electron chi connectivity index (χ4n) is 3.20. The molecule has 0 bridgehead atoms. The van der Waals surface area contributed by atoms with Gasteiger partial charge in [-0.15, -0.1) is 0 Å². The molecule has 0 amide bonds. The maximum absolute atomic E-state index is 5.50. The minimum Gasteiger partial charge on any atom is -0.496 e. The van der Waals surface area contributed by atoms with Crippen LogP contribution < -0.4 is 9.64 Å². The molecule has 0 aliphatic carbocycles. The molecular weight excluding hydrogens is 314 g/mol. The molecule has 25 heavy (non-hydrogen) atoms. The summed E-state index contributed by atoms with van der Waals surface area (Å²) in [5, 5.41) is 4.51. The Bertz CT molecular complexity index is 836. The van der Waals surface area contributed by atoms with Crippen molar-refractivity contribution in [2.24, 2.45) is 0 Å². The van der Waals surface area contributed by atoms with E-state index in [1.165, 1.54) is 5.69 Å². The van der Waals surface area contributed by atoms with Crippen LogP contribution in [0.5, 0.6) is 5.75 Å². The zero-order valence-corrected chi connectivity index (χ0v) is 14.3. The lowest BCUT2D eigenvalue weighted by Crippen LogP contribution is -2.36. The second-order valence-electron chi connectivity index (χ2n) is 5.94. The number of hydrogen-bond donors (Lipinski definition) is 0. The average molecular weight is 335 g/mol. The average Bonchev–Trinajstić information content (AvgIpc) is 3.18. The van der Waals surface area contributed by atoms with Crippen molar-refractivity contribution >= 4 is 5.69 Å². The molecule has 1 saturated heterocycles. The molecule has 1 fully saturated rings. The highest BCUT2D eigenvalue weighted by Crippen LogP contribution is 2.31. The van der Waals surface area contributed by atoms with Crippen LogP contribution in [0.1, 0.15) is 0 Å². The highest BCUT2D eigenvalue weighted by molar-refractivity contribution is 5.69. The van der Waals surface area contributed by atoms with Gasteiger partial charge in [-0.05, 0) is 42.5 Å². The number of ether oxygens (including phenoxy) is 2. The van der Waals surface area contributed by atoms with E-state index in [9.17, 15) is 0 Å². The van der Waals surface area contributed by atoms with Crippen LogP contribution >= 0.6 is 0 Å². The maximum atomic E-state index is 5.50. The summed E-state index contributed by atoms with van der Waals surface area (Å²) in [6.45, 7) is 3.46. The molecular formula is C20H21N3O2. The first-order chi connectivity index (χ1) is 12.4. The maximum Gasteiger partial charge on any atom is 0.128 e. The molecule has 1 aromatic heterocycles. The second-order valence-corrected chi connectivity index (χ2v) is 5.94. The summed E-state index contributed by atoms with van der Waals surface area (Å²) in [7, 11) is 1.69. The van der Waals surface area contributed by atoms with Crippen LogP contribution in [0.15, 0.2) is 60.8 Å². The molecule has 1 aliphatic heterocycles. The molecule has 5 nitrogen and oxygen atoms in total. The Labute approximate surface area is 147 Å². The minimum absolute atomic E-state index is 0.791. The van der Waals surface area contributed by atoms with E-state index in [0.29, 0.717) is 0 Å². The van der Waals surface area contributed by atoms with Crippen molar-refractivity contribution in [2.75, 3.05) is 38.3 Å². The fraction of sp³-hybridized carbons (Fsp3) is 0.250. The van der Waals surface area contributed by atoms with E-state index in [1.54, 1.807) is 7.11 Å². The summed E-state index contributed by atoms with van der Waals surface area (Å²) >= 11 is 0. The first kappa shape index (κ1) is 15.7. The van der Waals surface area contributed by atoms with Gasteiger partial charge in [-0.2, -0.15) is 5.10 Å². The van der Waals surface area contributed by atoms with E-state index in [2.05, 4.69) is 40.3 Å². The van der Waals surface area contributed by atoms with Gasteiger partial charge in [-0.3, -0.25) is 0 Å². The predicted octanol–water partition coefficient (Wildman–Crippen LogP) is 3.38. The smallest absolute Gasteiger partial charge is 0.128 e. The Morgan fingerprint density at radius 1 is 0.920 bits per heavy atom. The number of methoxy groups -OCH3 is 1. The van der Waals surface area contributed by atoms with Crippen molar-refractivity contribution in [1.29, 1.82) is 0 Å². The van der Waals surface area contributed by atoms with Crippen molar-refractivity contribution in [3.63, 3.8) is 0 Å². The summed E-state index contributed by atoms with van der Waals surface area (Å²) in [4.78, 5) is 2.34. The van der Waals surface area contributed by atoms with Gasteiger partial charge in [0, 0.05) is 24.3 Å². The van der Waals surface area contributed by atoms with Crippen LogP contribution in [0.2, 0.25) is 0 Å². The van der Waals surface area contributed by atoms with Crippen LogP contribution in [0, 0.1) is 0 Å². The number of nitrogens with zero attached hydrogens (tertiary/aromatic N) is 3. The van der Waals surface area contributed by atoms with E-state index in [4.69, 9.17) is 9.47 Å². The zero-order chi connectivity index (χ0) is 17.1. The van der Waals surface area contributed by atoms with Crippen molar-refractivity contribution in [3.05, 3.63) is 60.8 Å². The van der Waals surface area contributed by atoms with Crippen LogP contribution in [0.3, 0.4) is 0 Å². The number of benzene rings is 2. The van der Waals surface area contributed by atoms with Crippen molar-refractivity contribution in [3.8, 4) is 22.7 Å². The Morgan fingerprint density at radius 3 is 2.40 bits per heavy atom. The number of hydrogen-bond acceptors (Lipinski definition) is 4. The minimum atomic E-state index is 0.791. The van der Waals surface area contributed by atoms with Crippen LogP contribution in [0.4, 0.5) is 5.69 Å². The van der Waals surface area contributed by atoms with Gasteiger partial charge < -0.3 is 14.4 Å². The number of para-hydroxylation sites is 1. The summed E-state index contributed by atoms with van der Waals surface area (Å²) in [5.74, 6) is 0.842. The molecule has 0 spiro atoms. The predicted molar refractivity (Wildman–Crippen MR) is 98.6 cm³/mol. The van der Waals surface area contributed by atoms with Gasteiger partial charge in [0.15, 0.2) is 0 Å². The van der Waals surface area contributed by atoms with Crippen molar-refractivity contribution in [1.82, 2.24) is 9.78 Å². The van der Waals surface area contributed by atoms with Crippen LogP contribution in [0.25, 0.3) is 16.9 Å². The lowest BCUT2D eigenvalue weighted by atomic mass is 10.1. The summed E-state index contributed by atoms with van der Waals surface area (Å²) < 4.78 is 12.9. The largest absolute Gasteiger partial charge is 0.496 e. The van der Waals surface area contributed by atoms with Gasteiger partial charge in [-0.1, -0.05) is 12.1 Å². The third-order valence-electron chi connectivity index (χ3n) is 4.50. The molecule has 0 saturated carbocycles. The van der Waals surface area contributed by atoms with E-state index >= 15 is 0 Å². The van der Waals surface area contributed by atoms with Crippen molar-refractivity contribution in [2.45, 2.75) is 0 Å². The number of anilines is 1. The highest BCUT2D eigenvalue weighted by Gasteiger charge is 2.14. The molecule has 3 aromatic rings. The molecule has 0 unspecified atom stereocenters. The Hall–Kier alpha value is -2.79. The summed E-state index contributed by atoms with van der Waals surface area (Å²) in [6.07, 6.45) is 1.82. The van der Waals surface area contributed by atoms with Crippen molar-refractivity contribution < 1.29 is 9.47 Å². The van der Waals surface area contributed by atoms with Crippen LogP contribution in [-0.2, 0) is 4.74 Å². The number of aromatic nitrogens is 2. The van der Waals surface area contributed by atoms with E-state index in [-0.39, 0.29) is 0 Å². The molecule has 0 N–H and O–H groups in total. The molecule has 0 atom stereocenters. The third-order valence-corrected chi connectivity index (χ3v) is 4.50. The Balaban J connectivity index is 1.66. The summed E-state index contributed by atoms with van der Waals surface area (Å²) in [6, 6.07) is 18.5. The van der Waals surface area contributed by atoms with E-state index in [1.807, 2.05) is 35.1 Å². The monoisotopic (exact) mass is 335 g/mol. The highest BCUT2D eigenvalue weighted by atomic mass is 16.5. The molecule has 4 rings (SSSR count). The van der Waals surface area contributed by atoms with Crippen LogP contribution in [-0.4, -0.2) is 43.2 Å². The van der Waals surface area contributed by atoms with Gasteiger partial charge in [0.25, 0.3) is 0 Å². The quantitative estimate of drug-likeness (QED) is 0.733. The first-order valence-electron chi connectivity index (χ1n) is 8.47. The van der Waals surface area contributed by atoms with Gasteiger partial charge >= 0.3 is 0 Å². The lowest BCUT2D eigenvalue weighted by Gasteiger charge is -2.28. The topological polar surface area (TPSA) is 39.5 Å². The number of morpholine rings is 1. The second kappa shape index (κ2) is 6.99. The Kier molecular flexibility index (Phi) is 4.39. The van der Waals surface area contributed by atoms with Gasteiger partial charge in [-0.25, -0.2) is 4.68 Å². The lowest BCUT2D eigenvalue weighted by molar-refractivity contribution is 0.122. The molecule has 0 radical (unpaired) electrons. The normalized spacial score (nSPS) is 14.5.